The predicted molar refractivity (Wildman–Crippen MR) is 103 cm³/mol. The molecule has 1 fully saturated rings. The van der Waals surface area contributed by atoms with Crippen molar-refractivity contribution in [1.82, 2.24) is 10.6 Å². The molecule has 6 heteroatoms. The molecule has 2 aromatic rings. The second kappa shape index (κ2) is 8.52. The normalized spacial score (nSPS) is 19.8. The Bertz CT molecular complexity index is 753. The number of carbonyl (C=O) groups excluding carboxylic acids is 1. The second-order valence-corrected chi connectivity index (χ2v) is 7.15. The molecule has 1 aliphatic heterocycles. The molecule has 1 heterocycles. The van der Waals surface area contributed by atoms with Crippen molar-refractivity contribution >= 4 is 23.3 Å². The van der Waals surface area contributed by atoms with Gasteiger partial charge in [-0.15, -0.1) is 0 Å². The molecule has 26 heavy (non-hydrogen) atoms. The lowest BCUT2D eigenvalue weighted by Crippen LogP contribution is -2.53. The van der Waals surface area contributed by atoms with Crippen LogP contribution in [0.4, 0.5) is 14.9 Å². The zero-order chi connectivity index (χ0) is 18.5. The molecule has 1 saturated heterocycles. The first-order valence-electron chi connectivity index (χ1n) is 8.79. The molecule has 138 valence electrons. The fraction of sp³-hybridized carbons (Fsp3) is 0.350. The summed E-state index contributed by atoms with van der Waals surface area (Å²) in [6.07, 6.45) is 2.68. The first kappa shape index (κ1) is 18.7. The van der Waals surface area contributed by atoms with Gasteiger partial charge in [-0.05, 0) is 67.6 Å². The van der Waals surface area contributed by atoms with Gasteiger partial charge in [-0.25, -0.2) is 9.18 Å². The largest absolute Gasteiger partial charge is 0.322 e. The molecule has 0 bridgehead atoms. The summed E-state index contributed by atoms with van der Waals surface area (Å²) in [5, 5.41) is 6.98. The Balaban J connectivity index is 1.55. The van der Waals surface area contributed by atoms with E-state index in [1.54, 1.807) is 24.1 Å². The number of nitrogens with one attached hydrogen (secondary N) is 2. The van der Waals surface area contributed by atoms with Crippen molar-refractivity contribution in [3.8, 4) is 0 Å². The van der Waals surface area contributed by atoms with Crippen LogP contribution in [-0.2, 0) is 6.42 Å². The minimum atomic E-state index is -0.215. The van der Waals surface area contributed by atoms with Gasteiger partial charge in [-0.2, -0.15) is 0 Å². The molecule has 2 amide bonds. The van der Waals surface area contributed by atoms with Crippen LogP contribution in [0.15, 0.2) is 48.5 Å². The summed E-state index contributed by atoms with van der Waals surface area (Å²) in [4.78, 5) is 14.1. The van der Waals surface area contributed by atoms with Crippen molar-refractivity contribution in [3.05, 3.63) is 64.9 Å². The summed E-state index contributed by atoms with van der Waals surface area (Å²) >= 11 is 6.00. The van der Waals surface area contributed by atoms with Gasteiger partial charge in [0.25, 0.3) is 0 Å². The van der Waals surface area contributed by atoms with Gasteiger partial charge in [0, 0.05) is 17.8 Å². The fourth-order valence-corrected chi connectivity index (χ4v) is 3.48. The van der Waals surface area contributed by atoms with Crippen LogP contribution in [0.25, 0.3) is 0 Å². The summed E-state index contributed by atoms with van der Waals surface area (Å²) in [6.45, 7) is 0.845. The first-order valence-corrected chi connectivity index (χ1v) is 9.16. The molecule has 0 unspecified atom stereocenters. The van der Waals surface area contributed by atoms with Gasteiger partial charge in [0.05, 0.1) is 6.17 Å². The highest BCUT2D eigenvalue weighted by molar-refractivity contribution is 6.30. The zero-order valence-corrected chi connectivity index (χ0v) is 15.5. The first-order chi connectivity index (χ1) is 12.5. The maximum atomic E-state index is 13.0. The van der Waals surface area contributed by atoms with Crippen LogP contribution in [0.1, 0.15) is 18.4 Å². The molecule has 3 rings (SSSR count). The van der Waals surface area contributed by atoms with E-state index in [9.17, 15) is 9.18 Å². The van der Waals surface area contributed by atoms with E-state index in [-0.39, 0.29) is 18.0 Å². The molecule has 0 spiro atoms. The summed E-state index contributed by atoms with van der Waals surface area (Å²) < 4.78 is 13.0. The smallest absolute Gasteiger partial charge is 0.322 e. The number of carbonyl (C=O) groups is 1. The molecular formula is C20H23ClFN3O. The number of benzene rings is 2. The van der Waals surface area contributed by atoms with E-state index in [0.717, 1.165) is 37.1 Å². The lowest BCUT2D eigenvalue weighted by molar-refractivity contribution is 0.226. The molecule has 2 aromatic carbocycles. The minimum Gasteiger partial charge on any atom is -0.322 e. The predicted octanol–water partition coefficient (Wildman–Crippen LogP) is 4.19. The van der Waals surface area contributed by atoms with Crippen molar-refractivity contribution in [2.45, 2.75) is 25.4 Å². The average molecular weight is 376 g/mol. The Morgan fingerprint density at radius 2 is 2.08 bits per heavy atom. The van der Waals surface area contributed by atoms with Crippen LogP contribution in [0.2, 0.25) is 5.02 Å². The van der Waals surface area contributed by atoms with E-state index in [4.69, 9.17) is 11.6 Å². The van der Waals surface area contributed by atoms with E-state index in [2.05, 4.69) is 10.6 Å². The summed E-state index contributed by atoms with van der Waals surface area (Å²) in [6, 6.07) is 13.7. The number of amides is 2. The Kier molecular flexibility index (Phi) is 6.12. The fourth-order valence-electron chi connectivity index (χ4n) is 3.29. The number of piperidine rings is 1. The van der Waals surface area contributed by atoms with Gasteiger partial charge in [0.1, 0.15) is 5.82 Å². The molecule has 0 aromatic heterocycles. The molecule has 4 nitrogen and oxygen atoms in total. The Hall–Kier alpha value is -2.11. The van der Waals surface area contributed by atoms with Crippen molar-refractivity contribution in [1.29, 1.82) is 0 Å². The van der Waals surface area contributed by atoms with Crippen molar-refractivity contribution in [2.75, 3.05) is 18.5 Å². The topological polar surface area (TPSA) is 44.4 Å². The van der Waals surface area contributed by atoms with Gasteiger partial charge in [-0.3, -0.25) is 10.2 Å². The van der Waals surface area contributed by atoms with Gasteiger partial charge < -0.3 is 5.32 Å². The molecule has 0 aliphatic carbocycles. The van der Waals surface area contributed by atoms with Crippen molar-refractivity contribution in [2.24, 2.45) is 5.92 Å². The zero-order valence-electron chi connectivity index (χ0n) is 14.7. The van der Waals surface area contributed by atoms with E-state index in [0.29, 0.717) is 10.9 Å². The summed E-state index contributed by atoms with van der Waals surface area (Å²) in [5.41, 5.74) is 1.87. The molecule has 1 aliphatic rings. The highest BCUT2D eigenvalue weighted by Crippen LogP contribution is 2.22. The second-order valence-electron chi connectivity index (χ2n) is 6.72. The third-order valence-corrected chi connectivity index (χ3v) is 4.98. The lowest BCUT2D eigenvalue weighted by Gasteiger charge is -2.32. The number of hydrogen-bond donors (Lipinski definition) is 2. The van der Waals surface area contributed by atoms with Gasteiger partial charge >= 0.3 is 6.03 Å². The third-order valence-electron chi connectivity index (χ3n) is 4.75. The Labute approximate surface area is 158 Å². The highest BCUT2D eigenvalue weighted by Gasteiger charge is 2.24. The third kappa shape index (κ3) is 4.96. The quantitative estimate of drug-likeness (QED) is 0.841. The number of nitrogens with zero attached hydrogens (tertiary/aromatic N) is 1. The van der Waals surface area contributed by atoms with Crippen LogP contribution in [-0.4, -0.2) is 25.8 Å². The molecule has 0 radical (unpaired) electrons. The minimum absolute atomic E-state index is 0.0802. The number of halogens is 2. The SMILES string of the molecule is CN(C(=O)N[C@H]1C[C@H](Cc2ccc(F)cc2)CCN1)c1cccc(Cl)c1. The lowest BCUT2D eigenvalue weighted by atomic mass is 9.89. The maximum Gasteiger partial charge on any atom is 0.322 e. The molecule has 0 saturated carbocycles. The van der Waals surface area contributed by atoms with E-state index in [1.807, 2.05) is 24.3 Å². The molecule has 2 atom stereocenters. The standard InChI is InChI=1S/C20H23ClFN3O/c1-25(18-4-2-3-16(21)13-18)20(26)24-19-12-15(9-10-23-19)11-14-5-7-17(22)8-6-14/h2-8,13,15,19,23H,9-12H2,1H3,(H,24,26)/t15-,19-/m0/s1. The van der Waals surface area contributed by atoms with Crippen LogP contribution >= 0.6 is 11.6 Å². The highest BCUT2D eigenvalue weighted by atomic mass is 35.5. The average Bonchev–Trinajstić information content (AvgIpc) is 2.63. The van der Waals surface area contributed by atoms with Crippen molar-refractivity contribution in [3.63, 3.8) is 0 Å². The van der Waals surface area contributed by atoms with Gasteiger partial charge in [0.15, 0.2) is 0 Å². The van der Waals surface area contributed by atoms with E-state index < -0.39 is 0 Å². The number of urea groups is 1. The molecular weight excluding hydrogens is 353 g/mol. The number of hydrogen-bond acceptors (Lipinski definition) is 2. The number of rotatable bonds is 4. The van der Waals surface area contributed by atoms with E-state index >= 15 is 0 Å². The van der Waals surface area contributed by atoms with Crippen LogP contribution in [0, 0.1) is 11.7 Å². The molecule has 2 N–H and O–H groups in total. The van der Waals surface area contributed by atoms with Gasteiger partial charge in [0.2, 0.25) is 0 Å². The van der Waals surface area contributed by atoms with Crippen molar-refractivity contribution < 1.29 is 9.18 Å². The number of anilines is 1. The van der Waals surface area contributed by atoms with Crippen LogP contribution < -0.4 is 15.5 Å². The Morgan fingerprint density at radius 3 is 2.81 bits per heavy atom. The summed E-state index contributed by atoms with van der Waals surface area (Å²) in [7, 11) is 1.72. The van der Waals surface area contributed by atoms with Crippen LogP contribution in [0.3, 0.4) is 0 Å². The maximum absolute atomic E-state index is 13.0. The Morgan fingerprint density at radius 1 is 1.31 bits per heavy atom. The van der Waals surface area contributed by atoms with Crippen LogP contribution in [0.5, 0.6) is 0 Å². The summed E-state index contributed by atoms with van der Waals surface area (Å²) in [5.74, 6) is 0.233. The van der Waals surface area contributed by atoms with Gasteiger partial charge in [-0.1, -0.05) is 29.8 Å². The van der Waals surface area contributed by atoms with E-state index in [1.165, 1.54) is 12.1 Å². The monoisotopic (exact) mass is 375 g/mol.